The Hall–Kier alpha value is -1.31. The number of hydrogen-bond acceptors (Lipinski definition) is 2. The van der Waals surface area contributed by atoms with Crippen molar-refractivity contribution in [1.29, 1.82) is 0 Å². The first-order valence-corrected chi connectivity index (χ1v) is 3.35. The topological polar surface area (TPSA) is 26.3 Å². The molecule has 0 bridgehead atoms. The van der Waals surface area contributed by atoms with Crippen LogP contribution in [0.2, 0.25) is 0 Å². The van der Waals surface area contributed by atoms with Crippen molar-refractivity contribution in [2.45, 2.75) is 13.8 Å². The zero-order valence-electron chi connectivity index (χ0n) is 6.55. The van der Waals surface area contributed by atoms with Crippen LogP contribution in [0.3, 0.4) is 0 Å². The number of carbonyl (C=O) groups excluding carboxylic acids is 1. The van der Waals surface area contributed by atoms with Gasteiger partial charge in [-0.15, -0.1) is 0 Å². The van der Waals surface area contributed by atoms with Crippen molar-refractivity contribution in [2.75, 3.05) is 0 Å². The minimum absolute atomic E-state index is 0.292. The molecule has 1 aromatic rings. The third-order valence-corrected chi connectivity index (χ3v) is 1.27. The van der Waals surface area contributed by atoms with Gasteiger partial charge < -0.3 is 4.74 Å². The monoisotopic (exact) mass is 149 g/mol. The van der Waals surface area contributed by atoms with E-state index in [1.807, 2.05) is 6.92 Å². The lowest BCUT2D eigenvalue weighted by molar-refractivity contribution is -0.131. The average Bonchev–Trinajstić information content (AvgIpc) is 1.93. The van der Waals surface area contributed by atoms with E-state index in [1.54, 1.807) is 18.2 Å². The van der Waals surface area contributed by atoms with Gasteiger partial charge in [0.15, 0.2) is 0 Å². The maximum atomic E-state index is 10.5. The fraction of sp³-hybridized carbons (Fsp3) is 0.222. The Kier molecular flexibility index (Phi) is 2.26. The minimum atomic E-state index is -0.292. The molecule has 0 amide bonds. The molecule has 0 saturated heterocycles. The molecule has 0 aromatic heterocycles. The summed E-state index contributed by atoms with van der Waals surface area (Å²) in [7, 11) is 0. The van der Waals surface area contributed by atoms with Gasteiger partial charge in [-0.1, -0.05) is 6.07 Å². The molecule has 0 aliphatic carbocycles. The molecule has 1 rings (SSSR count). The van der Waals surface area contributed by atoms with E-state index in [4.69, 9.17) is 4.74 Å². The number of benzene rings is 1. The lowest BCUT2D eigenvalue weighted by atomic mass is 10.2. The fourth-order valence-corrected chi connectivity index (χ4v) is 0.769. The maximum absolute atomic E-state index is 10.5. The molecule has 0 saturated carbocycles. The van der Waals surface area contributed by atoms with Gasteiger partial charge in [0.1, 0.15) is 5.75 Å². The Morgan fingerprint density at radius 2 is 2.36 bits per heavy atom. The van der Waals surface area contributed by atoms with Gasteiger partial charge in [0.2, 0.25) is 0 Å². The van der Waals surface area contributed by atoms with Crippen molar-refractivity contribution in [3.05, 3.63) is 29.8 Å². The van der Waals surface area contributed by atoms with E-state index in [9.17, 15) is 4.79 Å². The molecule has 1 radical (unpaired) electrons. The molecule has 57 valence electrons. The van der Waals surface area contributed by atoms with Crippen LogP contribution in [0.4, 0.5) is 0 Å². The summed E-state index contributed by atoms with van der Waals surface area (Å²) in [6, 6.07) is 8.09. The van der Waals surface area contributed by atoms with Gasteiger partial charge in [-0.3, -0.25) is 4.79 Å². The zero-order chi connectivity index (χ0) is 8.27. The second kappa shape index (κ2) is 3.19. The van der Waals surface area contributed by atoms with E-state index in [0.29, 0.717) is 5.75 Å². The second-order valence-corrected chi connectivity index (χ2v) is 2.29. The predicted octanol–water partition coefficient (Wildman–Crippen LogP) is 1.72. The van der Waals surface area contributed by atoms with Gasteiger partial charge in [-0.25, -0.2) is 0 Å². The van der Waals surface area contributed by atoms with E-state index in [2.05, 4.69) is 6.07 Å². The van der Waals surface area contributed by atoms with E-state index in [1.165, 1.54) is 6.92 Å². The molecule has 0 fully saturated rings. The van der Waals surface area contributed by atoms with Crippen molar-refractivity contribution >= 4 is 5.97 Å². The highest BCUT2D eigenvalue weighted by molar-refractivity contribution is 5.69. The van der Waals surface area contributed by atoms with Gasteiger partial charge in [-0.05, 0) is 30.7 Å². The molecule has 0 N–H and O–H groups in total. The summed E-state index contributed by atoms with van der Waals surface area (Å²) in [5, 5.41) is 0. The third-order valence-electron chi connectivity index (χ3n) is 1.27. The predicted molar refractivity (Wildman–Crippen MR) is 41.3 cm³/mol. The lowest BCUT2D eigenvalue weighted by Crippen LogP contribution is -2.02. The summed E-state index contributed by atoms with van der Waals surface area (Å²) < 4.78 is 4.89. The molecule has 0 unspecified atom stereocenters. The van der Waals surface area contributed by atoms with E-state index < -0.39 is 0 Å². The molecule has 0 heterocycles. The van der Waals surface area contributed by atoms with E-state index in [-0.39, 0.29) is 5.97 Å². The molecule has 1 aromatic carbocycles. The third kappa shape index (κ3) is 2.08. The van der Waals surface area contributed by atoms with Crippen molar-refractivity contribution in [1.82, 2.24) is 0 Å². The van der Waals surface area contributed by atoms with Gasteiger partial charge in [-0.2, -0.15) is 0 Å². The Bertz CT molecular complexity index is 266. The molecule has 0 atom stereocenters. The van der Waals surface area contributed by atoms with Crippen LogP contribution in [0, 0.1) is 13.0 Å². The van der Waals surface area contributed by atoms with Gasteiger partial charge >= 0.3 is 5.97 Å². The Labute approximate surface area is 65.8 Å². The van der Waals surface area contributed by atoms with Crippen LogP contribution in [-0.2, 0) is 4.79 Å². The van der Waals surface area contributed by atoms with Crippen LogP contribution in [0.15, 0.2) is 18.2 Å². The Balaban J connectivity index is 2.86. The van der Waals surface area contributed by atoms with Crippen LogP contribution in [0.1, 0.15) is 12.5 Å². The highest BCUT2D eigenvalue weighted by Gasteiger charge is 1.99. The first kappa shape index (κ1) is 7.79. The molecular weight excluding hydrogens is 140 g/mol. The molecule has 11 heavy (non-hydrogen) atoms. The molecule has 2 nitrogen and oxygen atoms in total. The van der Waals surface area contributed by atoms with Crippen LogP contribution in [0.25, 0.3) is 0 Å². The number of hydrogen-bond donors (Lipinski definition) is 0. The number of carbonyl (C=O) groups is 1. The molecule has 0 spiro atoms. The summed E-state index contributed by atoms with van der Waals surface area (Å²) in [5.41, 5.74) is 0.919. The first-order chi connectivity index (χ1) is 5.20. The summed E-state index contributed by atoms with van der Waals surface area (Å²) >= 11 is 0. The quantitative estimate of drug-likeness (QED) is 0.449. The van der Waals surface area contributed by atoms with Crippen LogP contribution in [0.5, 0.6) is 5.75 Å². The summed E-state index contributed by atoms with van der Waals surface area (Å²) in [6.45, 7) is 3.25. The van der Waals surface area contributed by atoms with Crippen molar-refractivity contribution in [3.8, 4) is 5.75 Å². The van der Waals surface area contributed by atoms with Crippen molar-refractivity contribution < 1.29 is 9.53 Å². The summed E-state index contributed by atoms with van der Waals surface area (Å²) in [5.74, 6) is 0.315. The summed E-state index contributed by atoms with van der Waals surface area (Å²) in [4.78, 5) is 10.5. The lowest BCUT2D eigenvalue weighted by Gasteiger charge is -2.02. The number of aryl methyl sites for hydroxylation is 1. The maximum Gasteiger partial charge on any atom is 0.308 e. The van der Waals surface area contributed by atoms with E-state index >= 15 is 0 Å². The number of rotatable bonds is 1. The van der Waals surface area contributed by atoms with Gasteiger partial charge in [0, 0.05) is 6.92 Å². The number of ether oxygens (including phenoxy) is 1. The Morgan fingerprint density at radius 3 is 2.91 bits per heavy atom. The summed E-state index contributed by atoms with van der Waals surface area (Å²) in [6.07, 6.45) is 0. The second-order valence-electron chi connectivity index (χ2n) is 2.29. The molecular formula is C9H9O2. The zero-order valence-corrected chi connectivity index (χ0v) is 6.55. The van der Waals surface area contributed by atoms with Crippen LogP contribution in [-0.4, -0.2) is 5.97 Å². The van der Waals surface area contributed by atoms with Crippen LogP contribution < -0.4 is 4.74 Å². The largest absolute Gasteiger partial charge is 0.426 e. The highest BCUT2D eigenvalue weighted by Crippen LogP contribution is 2.15. The average molecular weight is 149 g/mol. The van der Waals surface area contributed by atoms with Gasteiger partial charge in [0.05, 0.1) is 0 Å². The molecule has 0 aliphatic heterocycles. The highest BCUT2D eigenvalue weighted by atomic mass is 16.5. The standard InChI is InChI=1S/C9H9O2/c1-7-5-3-4-6-9(7)11-8(2)10/h4-6H,1-2H3. The molecule has 0 aliphatic rings. The SMILES string of the molecule is CC(=O)Oc1cc[c]cc1C. The van der Waals surface area contributed by atoms with Crippen LogP contribution >= 0.6 is 0 Å². The first-order valence-electron chi connectivity index (χ1n) is 3.35. The molecule has 2 heteroatoms. The van der Waals surface area contributed by atoms with Crippen molar-refractivity contribution in [3.63, 3.8) is 0 Å². The minimum Gasteiger partial charge on any atom is -0.426 e. The smallest absolute Gasteiger partial charge is 0.308 e. The van der Waals surface area contributed by atoms with Crippen molar-refractivity contribution in [2.24, 2.45) is 0 Å². The van der Waals surface area contributed by atoms with Gasteiger partial charge in [0.25, 0.3) is 0 Å². The fourth-order valence-electron chi connectivity index (χ4n) is 0.769. The number of esters is 1. The Morgan fingerprint density at radius 1 is 1.64 bits per heavy atom. The normalized spacial score (nSPS) is 9.27. The van der Waals surface area contributed by atoms with E-state index in [0.717, 1.165) is 5.56 Å².